The highest BCUT2D eigenvalue weighted by atomic mass is 32.2. The number of carbonyl (C=O) groups excluding carboxylic acids is 1. The molecule has 6 nitrogen and oxygen atoms in total. The average molecular weight is 456 g/mol. The topological polar surface area (TPSA) is 66.9 Å². The van der Waals surface area contributed by atoms with E-state index in [0.717, 1.165) is 28.1 Å². The number of hydrogen-bond donors (Lipinski definition) is 0. The molecule has 2 aromatic rings. The summed E-state index contributed by atoms with van der Waals surface area (Å²) in [4.78, 5) is 13.7. The summed E-state index contributed by atoms with van der Waals surface area (Å²) in [6.07, 6.45) is -5.39. The Kier molecular flexibility index (Phi) is 6.61. The first-order valence-corrected chi connectivity index (χ1v) is 11.1. The minimum atomic E-state index is -4.63. The van der Waals surface area contributed by atoms with E-state index in [0.29, 0.717) is 11.8 Å². The molecule has 31 heavy (non-hydrogen) atoms. The summed E-state index contributed by atoms with van der Waals surface area (Å²) in [6, 6.07) is 10.9. The summed E-state index contributed by atoms with van der Waals surface area (Å²) in [5.74, 6) is 0.272. The Hall–Kier alpha value is -2.59. The lowest BCUT2D eigenvalue weighted by atomic mass is 10.2. The van der Waals surface area contributed by atoms with Crippen molar-refractivity contribution in [3.8, 4) is 5.75 Å². The lowest BCUT2D eigenvalue weighted by Gasteiger charge is -2.35. The van der Waals surface area contributed by atoms with E-state index in [1.165, 1.54) is 4.90 Å². The van der Waals surface area contributed by atoms with E-state index in [9.17, 15) is 26.4 Å². The van der Waals surface area contributed by atoms with E-state index in [1.54, 1.807) is 19.1 Å². The lowest BCUT2D eigenvalue weighted by molar-refractivity contribution is -0.139. The van der Waals surface area contributed by atoms with Gasteiger partial charge in [0.25, 0.3) is 5.91 Å². The van der Waals surface area contributed by atoms with E-state index in [2.05, 4.69) is 0 Å². The molecular weight excluding hydrogens is 433 g/mol. The summed E-state index contributed by atoms with van der Waals surface area (Å²) >= 11 is 0. The van der Waals surface area contributed by atoms with Crippen LogP contribution in [-0.4, -0.2) is 55.8 Å². The number of rotatable bonds is 5. The molecule has 0 saturated carbocycles. The third kappa shape index (κ3) is 5.37. The van der Waals surface area contributed by atoms with Crippen LogP contribution in [0, 0.1) is 6.92 Å². The average Bonchev–Trinajstić information content (AvgIpc) is 2.74. The van der Waals surface area contributed by atoms with Crippen molar-refractivity contribution in [2.75, 3.05) is 26.2 Å². The van der Waals surface area contributed by atoms with Crippen molar-refractivity contribution in [1.82, 2.24) is 9.21 Å². The van der Waals surface area contributed by atoms with Crippen LogP contribution in [0.4, 0.5) is 13.2 Å². The Labute approximate surface area is 179 Å². The number of halogens is 3. The van der Waals surface area contributed by atoms with Gasteiger partial charge in [0.15, 0.2) is 6.10 Å². The van der Waals surface area contributed by atoms with Crippen LogP contribution in [0.25, 0.3) is 0 Å². The Bertz CT molecular complexity index is 1030. The second kappa shape index (κ2) is 8.88. The van der Waals surface area contributed by atoms with Crippen LogP contribution >= 0.6 is 0 Å². The SMILES string of the molecule is Cc1ccc(O[C@@H](C)C(=O)N2CCN(S(=O)(=O)c3cccc(C(F)(F)F)c3)CC2)cc1. The van der Waals surface area contributed by atoms with Gasteiger partial charge in [-0.1, -0.05) is 23.8 Å². The molecule has 10 heteroatoms. The maximum atomic E-state index is 12.9. The van der Waals surface area contributed by atoms with Gasteiger partial charge >= 0.3 is 6.18 Å². The van der Waals surface area contributed by atoms with Gasteiger partial charge in [-0.15, -0.1) is 0 Å². The molecule has 0 radical (unpaired) electrons. The van der Waals surface area contributed by atoms with E-state index >= 15 is 0 Å². The molecule has 0 spiro atoms. The van der Waals surface area contributed by atoms with Gasteiger partial charge in [0.05, 0.1) is 10.5 Å². The first kappa shape index (κ1) is 23.1. The number of benzene rings is 2. The second-order valence-corrected chi connectivity index (χ2v) is 9.27. The van der Waals surface area contributed by atoms with Crippen molar-refractivity contribution in [2.24, 2.45) is 0 Å². The van der Waals surface area contributed by atoms with Gasteiger partial charge in [-0.25, -0.2) is 8.42 Å². The van der Waals surface area contributed by atoms with E-state index < -0.39 is 32.8 Å². The number of hydrogen-bond acceptors (Lipinski definition) is 4. The standard InChI is InChI=1S/C21H23F3N2O4S/c1-15-6-8-18(9-7-15)30-16(2)20(27)25-10-12-26(13-11-25)31(28,29)19-5-3-4-17(14-19)21(22,23)24/h3-9,14,16H,10-13H2,1-2H3/t16-/m0/s1. The van der Waals surface area contributed by atoms with Crippen molar-refractivity contribution >= 4 is 15.9 Å². The summed E-state index contributed by atoms with van der Waals surface area (Å²) < 4.78 is 71.1. The molecule has 1 amide bonds. The number of nitrogens with zero attached hydrogens (tertiary/aromatic N) is 2. The zero-order valence-corrected chi connectivity index (χ0v) is 17.9. The van der Waals surface area contributed by atoms with Crippen LogP contribution in [0.5, 0.6) is 5.75 Å². The highest BCUT2D eigenvalue weighted by Crippen LogP contribution is 2.31. The molecule has 2 aromatic carbocycles. The van der Waals surface area contributed by atoms with Gasteiger partial charge in [0.2, 0.25) is 10.0 Å². The quantitative estimate of drug-likeness (QED) is 0.693. The summed E-state index contributed by atoms with van der Waals surface area (Å²) in [6.45, 7) is 3.78. The van der Waals surface area contributed by atoms with Gasteiger partial charge in [-0.2, -0.15) is 17.5 Å². The molecule has 168 valence electrons. The maximum absolute atomic E-state index is 12.9. The number of ether oxygens (including phenoxy) is 1. The van der Waals surface area contributed by atoms with Crippen LogP contribution in [-0.2, 0) is 21.0 Å². The molecule has 1 aliphatic rings. The fourth-order valence-corrected chi connectivity index (χ4v) is 4.73. The Morgan fingerprint density at radius 2 is 1.65 bits per heavy atom. The molecule has 1 fully saturated rings. The Morgan fingerprint density at radius 1 is 1.03 bits per heavy atom. The Balaban J connectivity index is 1.63. The molecule has 1 aliphatic heterocycles. The molecule has 0 N–H and O–H groups in total. The molecule has 1 heterocycles. The van der Waals surface area contributed by atoms with E-state index in [1.807, 2.05) is 19.1 Å². The van der Waals surface area contributed by atoms with Crippen LogP contribution in [0.2, 0.25) is 0 Å². The normalized spacial score (nSPS) is 16.7. The van der Waals surface area contributed by atoms with Gasteiger partial charge in [0, 0.05) is 26.2 Å². The summed E-state index contributed by atoms with van der Waals surface area (Å²) in [7, 11) is -4.10. The number of amides is 1. The smallest absolute Gasteiger partial charge is 0.416 e. The third-order valence-corrected chi connectivity index (χ3v) is 6.93. The number of carbonyl (C=O) groups is 1. The van der Waals surface area contributed by atoms with Crippen molar-refractivity contribution in [1.29, 1.82) is 0 Å². The number of sulfonamides is 1. The molecule has 0 unspecified atom stereocenters. The molecule has 1 saturated heterocycles. The predicted octanol–water partition coefficient (Wildman–Crippen LogP) is 3.31. The predicted molar refractivity (Wildman–Crippen MR) is 108 cm³/mol. The van der Waals surface area contributed by atoms with Gasteiger partial charge < -0.3 is 9.64 Å². The first-order chi connectivity index (χ1) is 14.5. The van der Waals surface area contributed by atoms with Crippen molar-refractivity contribution < 1.29 is 31.1 Å². The van der Waals surface area contributed by atoms with Gasteiger partial charge in [0.1, 0.15) is 5.75 Å². The Morgan fingerprint density at radius 3 is 2.23 bits per heavy atom. The number of piperazine rings is 1. The summed E-state index contributed by atoms with van der Waals surface area (Å²) in [5, 5.41) is 0. The minimum Gasteiger partial charge on any atom is -0.481 e. The molecule has 0 bridgehead atoms. The maximum Gasteiger partial charge on any atom is 0.416 e. The van der Waals surface area contributed by atoms with E-state index in [-0.39, 0.29) is 32.1 Å². The van der Waals surface area contributed by atoms with Gasteiger partial charge in [-0.05, 0) is 44.2 Å². The fourth-order valence-electron chi connectivity index (χ4n) is 3.26. The monoisotopic (exact) mass is 456 g/mol. The lowest BCUT2D eigenvalue weighted by Crippen LogP contribution is -2.53. The fraction of sp³-hybridized carbons (Fsp3) is 0.381. The van der Waals surface area contributed by atoms with Crippen molar-refractivity contribution in [3.05, 3.63) is 59.7 Å². The van der Waals surface area contributed by atoms with Crippen LogP contribution in [0.15, 0.2) is 53.4 Å². The van der Waals surface area contributed by atoms with E-state index in [4.69, 9.17) is 4.74 Å². The summed E-state index contributed by atoms with van der Waals surface area (Å²) in [5.41, 5.74) is 0.0360. The van der Waals surface area contributed by atoms with Crippen molar-refractivity contribution in [3.63, 3.8) is 0 Å². The minimum absolute atomic E-state index is 0.0123. The van der Waals surface area contributed by atoms with Crippen LogP contribution < -0.4 is 4.74 Å². The highest BCUT2D eigenvalue weighted by molar-refractivity contribution is 7.89. The zero-order valence-electron chi connectivity index (χ0n) is 17.1. The van der Waals surface area contributed by atoms with Crippen molar-refractivity contribution in [2.45, 2.75) is 31.0 Å². The highest BCUT2D eigenvalue weighted by Gasteiger charge is 2.35. The number of alkyl halides is 3. The van der Waals surface area contributed by atoms with Crippen LogP contribution in [0.1, 0.15) is 18.1 Å². The molecular formula is C21H23F3N2O4S. The molecule has 0 aliphatic carbocycles. The second-order valence-electron chi connectivity index (χ2n) is 7.33. The molecule has 3 rings (SSSR count). The zero-order chi connectivity index (χ0) is 22.8. The molecule has 1 atom stereocenters. The molecule has 0 aromatic heterocycles. The first-order valence-electron chi connectivity index (χ1n) is 9.68. The van der Waals surface area contributed by atoms with Gasteiger partial charge in [-0.3, -0.25) is 4.79 Å². The third-order valence-electron chi connectivity index (χ3n) is 5.03. The largest absolute Gasteiger partial charge is 0.481 e. The van der Waals surface area contributed by atoms with Crippen LogP contribution in [0.3, 0.4) is 0 Å². The number of aryl methyl sites for hydroxylation is 1.